The minimum Gasteiger partial charge on any atom is -0.290 e. The molecule has 1 nitrogen and oxygen atoms in total. The van der Waals surface area contributed by atoms with E-state index in [9.17, 15) is 57.5 Å². The molecule has 0 unspecified atom stereocenters. The highest BCUT2D eigenvalue weighted by Crippen LogP contribution is 2.93. The van der Waals surface area contributed by atoms with Crippen LogP contribution in [0.4, 0.5) is 87.8 Å². The summed E-state index contributed by atoms with van der Waals surface area (Å²) in [5, 5.41) is 0. The molecule has 5 aromatic carbocycles. The Hall–Kier alpha value is -2.53. The quantitative estimate of drug-likeness (QED) is 0.0302. The highest BCUT2D eigenvalue weighted by Gasteiger charge is 2.79. The second kappa shape index (κ2) is 19.9. The number of ketones is 1. The number of rotatable bonds is 7. The van der Waals surface area contributed by atoms with Crippen LogP contribution >= 0.6 is 112 Å². The van der Waals surface area contributed by atoms with E-state index in [4.69, 9.17) is 104 Å². The van der Waals surface area contributed by atoms with E-state index in [1.54, 1.807) is 30.3 Å². The number of carbonyl (C=O) groups excluding carboxylic acids is 1. The van der Waals surface area contributed by atoms with Gasteiger partial charge in [-0.05, 0) is 104 Å². The molecule has 5 aromatic rings. The Labute approximate surface area is 404 Å². The van der Waals surface area contributed by atoms with Crippen molar-refractivity contribution >= 4 is 145 Å². The van der Waals surface area contributed by atoms with Gasteiger partial charge in [-0.15, -0.1) is 21.9 Å². The lowest BCUT2D eigenvalue weighted by molar-refractivity contribution is 0.102. The molecule has 0 fully saturated rings. The van der Waals surface area contributed by atoms with E-state index >= 15 is 35.1 Å². The van der Waals surface area contributed by atoms with Crippen molar-refractivity contribution in [3.05, 3.63) is 152 Å². The standard InChI is InChI=1S/C24BF20.C11H7Cl9OP/c26-5-1(6(27)14(35)21(42)13(5)34)25(2-7(28)15(36)22(43)16(37)8(2)29,3-9(30)17(38)23(44)18(39)10(3)31)4-11(32)19(40)24(45)20(41)12(4)33;12-9(13,14)22(10(15,16)17,11(18,19)20)6-8(21)7-4-2-1-3-5-7/h;1-5H,6H2/q-1;+1. The van der Waals surface area contributed by atoms with Crippen LogP contribution in [-0.2, 0) is 0 Å². The predicted octanol–water partition coefficient (Wildman–Crippen LogP) is 13.7. The van der Waals surface area contributed by atoms with Crippen LogP contribution in [-0.4, -0.2) is 28.7 Å². The molecular weight excluding hydrogens is 1180 g/mol. The van der Waals surface area contributed by atoms with E-state index in [1.165, 1.54) is 0 Å². The Bertz CT molecular complexity index is 2410. The number of hydrogen-bond donors (Lipinski definition) is 0. The molecule has 0 N–H and O–H groups in total. The maximum atomic E-state index is 15.4. The minimum absolute atomic E-state index is 0.324. The van der Waals surface area contributed by atoms with Gasteiger partial charge < -0.3 is 0 Å². The van der Waals surface area contributed by atoms with E-state index < -0.39 is 174 Å². The first kappa shape index (κ1) is 57.1. The van der Waals surface area contributed by atoms with Crippen molar-refractivity contribution in [2.75, 3.05) is 6.16 Å². The molecule has 0 bridgehead atoms. The topological polar surface area (TPSA) is 17.1 Å². The molecule has 0 aliphatic heterocycles. The summed E-state index contributed by atoms with van der Waals surface area (Å²) in [5.41, 5.74) is -14.0. The molecule has 67 heavy (non-hydrogen) atoms. The first-order valence-corrected chi connectivity index (χ1v) is 21.7. The number of carbonyl (C=O) groups is 1. The molecule has 0 aliphatic rings. The molecule has 0 saturated heterocycles. The van der Waals surface area contributed by atoms with Gasteiger partial charge in [0.05, 0.1) is 0 Å². The van der Waals surface area contributed by atoms with Crippen LogP contribution in [0.25, 0.3) is 0 Å². The van der Waals surface area contributed by atoms with Crippen molar-refractivity contribution in [3.63, 3.8) is 0 Å². The summed E-state index contributed by atoms with van der Waals surface area (Å²) in [6, 6.07) is 8.18. The van der Waals surface area contributed by atoms with E-state index in [2.05, 4.69) is 0 Å². The third kappa shape index (κ3) is 9.20. The van der Waals surface area contributed by atoms with Gasteiger partial charge in [0.2, 0.25) is 0 Å². The van der Waals surface area contributed by atoms with Crippen molar-refractivity contribution in [3.8, 4) is 0 Å². The summed E-state index contributed by atoms with van der Waals surface area (Å²) >= 11 is 53.8. The van der Waals surface area contributed by atoms with Crippen LogP contribution in [0.5, 0.6) is 0 Å². The molecule has 0 aliphatic carbocycles. The molecule has 32 heteroatoms. The maximum absolute atomic E-state index is 15.4. The first-order chi connectivity index (χ1) is 30.4. The molecule has 0 spiro atoms. The Kier molecular flexibility index (Phi) is 17.0. The molecule has 0 aromatic heterocycles. The van der Waals surface area contributed by atoms with Crippen molar-refractivity contribution in [2.24, 2.45) is 0 Å². The fraction of sp³-hybridized carbons (Fsp3) is 0.114. The van der Waals surface area contributed by atoms with Crippen molar-refractivity contribution in [1.29, 1.82) is 0 Å². The zero-order valence-electron chi connectivity index (χ0n) is 30.5. The van der Waals surface area contributed by atoms with E-state index in [0.29, 0.717) is 5.56 Å². The number of Topliss-reactive ketones (excluding diaryl/α,β-unsaturated/α-hetero) is 1. The van der Waals surface area contributed by atoms with Gasteiger partial charge in [-0.3, -0.25) is 4.79 Å². The Morgan fingerprint density at radius 3 is 0.701 bits per heavy atom. The summed E-state index contributed by atoms with van der Waals surface area (Å²) in [6.07, 6.45) is -7.72. The maximum Gasteiger partial charge on any atom is 0.308 e. The number of benzene rings is 5. The number of hydrogen-bond acceptors (Lipinski definition) is 1. The third-order valence-electron chi connectivity index (χ3n) is 9.48. The second-order valence-corrected chi connectivity index (χ2v) is 26.1. The predicted molar refractivity (Wildman–Crippen MR) is 213 cm³/mol. The van der Waals surface area contributed by atoms with Gasteiger partial charge in [0.1, 0.15) is 58.8 Å². The highest BCUT2D eigenvalue weighted by atomic mass is 35.6. The van der Waals surface area contributed by atoms with E-state index in [1.807, 2.05) is 0 Å². The fourth-order valence-corrected chi connectivity index (χ4v) is 20.5. The third-order valence-corrected chi connectivity index (χ3v) is 20.6. The van der Waals surface area contributed by atoms with Gasteiger partial charge in [0, 0.05) is 5.56 Å². The SMILES string of the molecule is Fc1c(F)c(F)c([B-](c2c(F)c(F)c(F)c(F)c2F)(c2c(F)c(F)c(F)c(F)c2F)c2c(F)c(F)c(F)c(F)c2F)c(F)c1F.O=C(C[P+](C(Cl)(Cl)Cl)(C(Cl)(Cl)Cl)C(Cl)(Cl)Cl)c1ccccc1. The zero-order chi connectivity index (χ0) is 51.8. The zero-order valence-corrected chi connectivity index (χ0v) is 38.2. The van der Waals surface area contributed by atoms with Gasteiger partial charge in [-0.2, -0.15) is 0 Å². The van der Waals surface area contributed by atoms with Gasteiger partial charge in [-0.25, -0.2) is 87.8 Å². The normalized spacial score (nSPS) is 12.7. The van der Waals surface area contributed by atoms with Crippen LogP contribution < -0.4 is 21.9 Å². The molecule has 5 rings (SSSR count). The van der Waals surface area contributed by atoms with Gasteiger partial charge in [0.25, 0.3) is 0 Å². The minimum atomic E-state index is -7.22. The van der Waals surface area contributed by atoms with E-state index in [-0.39, 0.29) is 0 Å². The number of alkyl halides is 9. The van der Waals surface area contributed by atoms with Crippen LogP contribution in [0, 0.1) is 116 Å². The molecule has 0 saturated carbocycles. The average Bonchev–Trinajstić information content (AvgIpc) is 3.24. The largest absolute Gasteiger partial charge is 0.308 e. The van der Waals surface area contributed by atoms with Crippen molar-refractivity contribution in [1.82, 2.24) is 0 Å². The molecule has 0 atom stereocenters. The Morgan fingerprint density at radius 2 is 0.522 bits per heavy atom. The highest BCUT2D eigenvalue weighted by molar-refractivity contribution is 7.93. The van der Waals surface area contributed by atoms with Crippen molar-refractivity contribution in [2.45, 2.75) is 10.6 Å². The van der Waals surface area contributed by atoms with Gasteiger partial charge in [-0.1, -0.05) is 30.3 Å². The van der Waals surface area contributed by atoms with Crippen molar-refractivity contribution < 1.29 is 92.6 Å². The summed E-state index contributed by atoms with van der Waals surface area (Å²) in [7, 11) is -3.73. The number of halogens is 29. The fourth-order valence-electron chi connectivity index (χ4n) is 6.51. The monoisotopic (exact) mass is 1180 g/mol. The van der Waals surface area contributed by atoms with Crippen LogP contribution in [0.2, 0.25) is 0 Å². The lowest BCUT2D eigenvalue weighted by Gasteiger charge is -2.44. The summed E-state index contributed by atoms with van der Waals surface area (Å²) in [4.78, 5) is 12.5. The molecule has 0 amide bonds. The molecule has 364 valence electrons. The summed E-state index contributed by atoms with van der Waals surface area (Å²) < 4.78 is 287. The van der Waals surface area contributed by atoms with Crippen LogP contribution in [0.3, 0.4) is 0 Å². The lowest BCUT2D eigenvalue weighted by atomic mass is 9.12. The van der Waals surface area contributed by atoms with Gasteiger partial charge >= 0.3 is 10.6 Å². The summed E-state index contributed by atoms with van der Waals surface area (Å²) in [6.45, 7) is 0. The van der Waals surface area contributed by atoms with E-state index in [0.717, 1.165) is 0 Å². The molecule has 0 radical (unpaired) electrons. The smallest absolute Gasteiger partial charge is 0.290 e. The molecular formula is C35H7BCl9F20OP. The van der Waals surface area contributed by atoms with Crippen LogP contribution in [0.1, 0.15) is 10.4 Å². The Morgan fingerprint density at radius 1 is 0.343 bits per heavy atom. The van der Waals surface area contributed by atoms with Gasteiger partial charge in [0.15, 0.2) is 82.9 Å². The lowest BCUT2D eigenvalue weighted by Crippen LogP contribution is -2.81. The Balaban J connectivity index is 0.000000374. The first-order valence-electron chi connectivity index (χ1n) is 16.3. The molecule has 0 heterocycles. The summed E-state index contributed by atoms with van der Waals surface area (Å²) in [5.74, 6) is -71.9. The average molecular weight is 1180 g/mol. The second-order valence-electron chi connectivity index (χ2n) is 13.0. The van der Waals surface area contributed by atoms with Crippen LogP contribution in [0.15, 0.2) is 30.3 Å².